The van der Waals surface area contributed by atoms with Gasteiger partial charge in [0.1, 0.15) is 0 Å². The molecule has 1 fully saturated rings. The number of hydrogen-bond donors (Lipinski definition) is 1. The van der Waals surface area contributed by atoms with Crippen LogP contribution in [0.1, 0.15) is 58.3 Å². The summed E-state index contributed by atoms with van der Waals surface area (Å²) in [6.45, 7) is 2.48. The maximum atomic E-state index is 8.71. The van der Waals surface area contributed by atoms with Gasteiger partial charge in [0.05, 0.1) is 6.61 Å². The Labute approximate surface area is 94.6 Å². The lowest BCUT2D eigenvalue weighted by Crippen LogP contribution is -2.13. The van der Waals surface area contributed by atoms with Gasteiger partial charge in [-0.25, -0.2) is 0 Å². The minimum Gasteiger partial charge on any atom is -0.392 e. The van der Waals surface area contributed by atoms with Gasteiger partial charge in [-0.1, -0.05) is 44.8 Å². The summed E-state index contributed by atoms with van der Waals surface area (Å²) in [7, 11) is 0. The van der Waals surface area contributed by atoms with Crippen LogP contribution >= 0.6 is 0 Å². The average Bonchev–Trinajstić information content (AvgIpc) is 2.28. The number of allylic oxidation sites excluding steroid dienone is 1. The van der Waals surface area contributed by atoms with E-state index in [0.717, 1.165) is 11.8 Å². The van der Waals surface area contributed by atoms with Gasteiger partial charge in [-0.3, -0.25) is 0 Å². The maximum Gasteiger partial charge on any atom is 0.0612 e. The second-order valence-electron chi connectivity index (χ2n) is 4.89. The predicted molar refractivity (Wildman–Crippen MR) is 65.8 cm³/mol. The fraction of sp³-hybridized carbons (Fsp3) is 0.857. The molecule has 0 heterocycles. The molecule has 1 saturated carbocycles. The Morgan fingerprint density at radius 3 is 2.47 bits per heavy atom. The van der Waals surface area contributed by atoms with Crippen LogP contribution in [0.25, 0.3) is 0 Å². The third kappa shape index (κ3) is 5.36. The van der Waals surface area contributed by atoms with Crippen molar-refractivity contribution in [2.45, 2.75) is 58.3 Å². The minimum absolute atomic E-state index is 0.205. The van der Waals surface area contributed by atoms with Crippen LogP contribution in [0.2, 0.25) is 0 Å². The van der Waals surface area contributed by atoms with E-state index in [1.807, 2.05) is 6.08 Å². The highest BCUT2D eigenvalue weighted by Gasteiger charge is 2.18. The summed E-state index contributed by atoms with van der Waals surface area (Å²) in [5.74, 6) is 1.75. The van der Waals surface area contributed by atoms with Crippen LogP contribution in [0.5, 0.6) is 0 Å². The van der Waals surface area contributed by atoms with Crippen LogP contribution in [0.4, 0.5) is 0 Å². The molecule has 0 aliphatic heterocycles. The SMILES string of the molecule is CCCCC[C@H]1CC[C@H](/C=C/CO)CC1. The first-order chi connectivity index (χ1) is 7.36. The zero-order valence-corrected chi connectivity index (χ0v) is 10.1. The normalized spacial score (nSPS) is 27.3. The zero-order valence-electron chi connectivity index (χ0n) is 10.1. The van der Waals surface area contributed by atoms with Crippen LogP contribution in [0.3, 0.4) is 0 Å². The number of rotatable bonds is 6. The molecule has 0 radical (unpaired) electrons. The molecular formula is C14H26O. The molecule has 0 aromatic rings. The van der Waals surface area contributed by atoms with E-state index in [1.54, 1.807) is 0 Å². The largest absolute Gasteiger partial charge is 0.392 e. The van der Waals surface area contributed by atoms with Gasteiger partial charge in [0.25, 0.3) is 0 Å². The van der Waals surface area contributed by atoms with Crippen LogP contribution in [-0.2, 0) is 0 Å². The fourth-order valence-corrected chi connectivity index (χ4v) is 2.61. The van der Waals surface area contributed by atoms with Crippen LogP contribution in [0.15, 0.2) is 12.2 Å². The molecular weight excluding hydrogens is 184 g/mol. The van der Waals surface area contributed by atoms with Gasteiger partial charge >= 0.3 is 0 Å². The molecule has 0 amide bonds. The molecule has 0 bridgehead atoms. The molecule has 0 unspecified atom stereocenters. The quantitative estimate of drug-likeness (QED) is 0.520. The van der Waals surface area contributed by atoms with Gasteiger partial charge in [0, 0.05) is 0 Å². The smallest absolute Gasteiger partial charge is 0.0612 e. The van der Waals surface area contributed by atoms with E-state index in [9.17, 15) is 0 Å². The van der Waals surface area contributed by atoms with E-state index in [2.05, 4.69) is 13.0 Å². The molecule has 0 aromatic carbocycles. The summed E-state index contributed by atoms with van der Waals surface area (Å²) in [6.07, 6.45) is 15.2. The van der Waals surface area contributed by atoms with E-state index in [4.69, 9.17) is 5.11 Å². The Bertz CT molecular complexity index is 166. The van der Waals surface area contributed by atoms with Gasteiger partial charge in [-0.2, -0.15) is 0 Å². The predicted octanol–water partition coefficient (Wildman–Crippen LogP) is 3.92. The summed E-state index contributed by atoms with van der Waals surface area (Å²) >= 11 is 0. The van der Waals surface area contributed by atoms with E-state index < -0.39 is 0 Å². The van der Waals surface area contributed by atoms with Crippen molar-refractivity contribution in [1.82, 2.24) is 0 Å². The highest BCUT2D eigenvalue weighted by atomic mass is 16.2. The van der Waals surface area contributed by atoms with E-state index in [0.29, 0.717) is 0 Å². The van der Waals surface area contributed by atoms with Crippen LogP contribution < -0.4 is 0 Å². The lowest BCUT2D eigenvalue weighted by Gasteiger charge is -2.26. The summed E-state index contributed by atoms with van der Waals surface area (Å²) < 4.78 is 0. The van der Waals surface area contributed by atoms with E-state index in [-0.39, 0.29) is 6.61 Å². The second-order valence-corrected chi connectivity index (χ2v) is 4.89. The van der Waals surface area contributed by atoms with Crippen molar-refractivity contribution in [3.05, 3.63) is 12.2 Å². The Morgan fingerprint density at radius 1 is 1.13 bits per heavy atom. The molecule has 15 heavy (non-hydrogen) atoms. The standard InChI is InChI=1S/C14H26O/c1-2-3-4-6-13-8-10-14(11-9-13)7-5-12-15/h5,7,13-15H,2-4,6,8-12H2,1H3/b7-5+/t13-,14-. The first-order valence-electron chi connectivity index (χ1n) is 6.64. The molecule has 0 saturated heterocycles. The van der Waals surface area contributed by atoms with Crippen molar-refractivity contribution in [2.75, 3.05) is 6.61 Å². The summed E-state index contributed by atoms with van der Waals surface area (Å²) in [4.78, 5) is 0. The third-order valence-corrected chi connectivity index (χ3v) is 3.62. The molecule has 0 spiro atoms. The van der Waals surface area contributed by atoms with Gasteiger partial charge < -0.3 is 5.11 Å². The van der Waals surface area contributed by atoms with Crippen LogP contribution in [-0.4, -0.2) is 11.7 Å². The topological polar surface area (TPSA) is 20.2 Å². The molecule has 1 N–H and O–H groups in total. The number of aliphatic hydroxyl groups excluding tert-OH is 1. The average molecular weight is 210 g/mol. The lowest BCUT2D eigenvalue weighted by molar-refractivity contribution is 0.287. The highest BCUT2D eigenvalue weighted by molar-refractivity contribution is 4.90. The Kier molecular flexibility index (Phi) is 6.74. The molecule has 0 atom stereocenters. The lowest BCUT2D eigenvalue weighted by atomic mass is 9.79. The summed E-state index contributed by atoms with van der Waals surface area (Å²) in [5, 5.41) is 8.71. The van der Waals surface area contributed by atoms with Gasteiger partial charge in [-0.05, 0) is 37.5 Å². The Morgan fingerprint density at radius 2 is 1.87 bits per heavy atom. The monoisotopic (exact) mass is 210 g/mol. The van der Waals surface area contributed by atoms with Crippen LogP contribution in [0, 0.1) is 11.8 Å². The second kappa shape index (κ2) is 7.92. The molecule has 0 aromatic heterocycles. The molecule has 1 aliphatic rings. The van der Waals surface area contributed by atoms with E-state index >= 15 is 0 Å². The van der Waals surface area contributed by atoms with Gasteiger partial charge in [0.15, 0.2) is 0 Å². The molecule has 1 nitrogen and oxygen atoms in total. The van der Waals surface area contributed by atoms with Gasteiger partial charge in [0.2, 0.25) is 0 Å². The van der Waals surface area contributed by atoms with Crippen molar-refractivity contribution < 1.29 is 5.11 Å². The molecule has 88 valence electrons. The summed E-state index contributed by atoms with van der Waals surface area (Å²) in [5.41, 5.74) is 0. The molecule has 1 aliphatic carbocycles. The first kappa shape index (κ1) is 12.8. The van der Waals surface area contributed by atoms with Crippen molar-refractivity contribution in [2.24, 2.45) is 11.8 Å². The van der Waals surface area contributed by atoms with Crippen molar-refractivity contribution in [3.63, 3.8) is 0 Å². The molecule has 1 heteroatoms. The maximum absolute atomic E-state index is 8.71. The summed E-state index contributed by atoms with van der Waals surface area (Å²) in [6, 6.07) is 0. The zero-order chi connectivity index (χ0) is 10.9. The van der Waals surface area contributed by atoms with Crippen molar-refractivity contribution in [3.8, 4) is 0 Å². The third-order valence-electron chi connectivity index (χ3n) is 3.62. The van der Waals surface area contributed by atoms with Crippen molar-refractivity contribution in [1.29, 1.82) is 0 Å². The first-order valence-corrected chi connectivity index (χ1v) is 6.64. The van der Waals surface area contributed by atoms with Crippen molar-refractivity contribution >= 4 is 0 Å². The number of unbranched alkanes of at least 4 members (excludes halogenated alkanes) is 2. The van der Waals surface area contributed by atoms with E-state index in [1.165, 1.54) is 51.4 Å². The van der Waals surface area contributed by atoms with Gasteiger partial charge in [-0.15, -0.1) is 0 Å². The highest BCUT2D eigenvalue weighted by Crippen LogP contribution is 2.32. The number of hydrogen-bond acceptors (Lipinski definition) is 1. The minimum atomic E-state index is 0.205. The number of aliphatic hydroxyl groups is 1. The fourth-order valence-electron chi connectivity index (χ4n) is 2.61. The Balaban J connectivity index is 2.09. The Hall–Kier alpha value is -0.300. The molecule has 1 rings (SSSR count).